The number of nitrogens with one attached hydrogen (secondary N) is 1. The fourth-order valence-corrected chi connectivity index (χ4v) is 5.19. The first-order chi connectivity index (χ1) is 20.1. The Morgan fingerprint density at radius 3 is 2.36 bits per heavy atom. The molecule has 1 amide bonds. The van der Waals surface area contributed by atoms with E-state index in [-0.39, 0.29) is 12.6 Å². The first kappa shape index (κ1) is 27.4. The number of amides is 1. The molecule has 10 heteroatoms. The lowest BCUT2D eigenvalue weighted by atomic mass is 10.0. The van der Waals surface area contributed by atoms with Crippen molar-refractivity contribution < 1.29 is 18.3 Å². The van der Waals surface area contributed by atoms with Crippen molar-refractivity contribution in [3.8, 4) is 22.4 Å². The summed E-state index contributed by atoms with van der Waals surface area (Å²) in [6.45, 7) is 8.58. The highest BCUT2D eigenvalue weighted by Crippen LogP contribution is 2.31. The molecule has 216 valence electrons. The summed E-state index contributed by atoms with van der Waals surface area (Å²) in [6.07, 6.45) is 5.24. The van der Waals surface area contributed by atoms with Crippen LogP contribution in [0.1, 0.15) is 26.3 Å². The highest BCUT2D eigenvalue weighted by Gasteiger charge is 2.26. The van der Waals surface area contributed by atoms with Crippen molar-refractivity contribution in [1.82, 2.24) is 24.6 Å². The van der Waals surface area contributed by atoms with Gasteiger partial charge in [-0.15, -0.1) is 0 Å². The molecule has 0 atom stereocenters. The molecular formula is C32H32F2N6O2. The Morgan fingerprint density at radius 2 is 1.67 bits per heavy atom. The van der Waals surface area contributed by atoms with Crippen LogP contribution in [0.3, 0.4) is 0 Å². The van der Waals surface area contributed by atoms with E-state index in [1.807, 2.05) is 39.2 Å². The Hall–Kier alpha value is -4.73. The second-order valence-electron chi connectivity index (χ2n) is 11.5. The van der Waals surface area contributed by atoms with E-state index in [1.165, 1.54) is 12.1 Å². The van der Waals surface area contributed by atoms with Crippen LogP contribution in [0.25, 0.3) is 33.4 Å². The molecule has 3 aromatic heterocycles. The van der Waals surface area contributed by atoms with Crippen molar-refractivity contribution in [1.29, 1.82) is 0 Å². The van der Waals surface area contributed by atoms with Gasteiger partial charge in [0.05, 0.1) is 12.2 Å². The zero-order valence-corrected chi connectivity index (χ0v) is 23.8. The smallest absolute Gasteiger partial charge is 0.410 e. The van der Waals surface area contributed by atoms with Crippen molar-refractivity contribution in [3.05, 3.63) is 90.4 Å². The minimum absolute atomic E-state index is 0.253. The highest BCUT2D eigenvalue weighted by molar-refractivity contribution is 5.94. The zero-order chi connectivity index (χ0) is 29.4. The maximum atomic E-state index is 13.6. The van der Waals surface area contributed by atoms with Crippen molar-refractivity contribution in [3.63, 3.8) is 0 Å². The van der Waals surface area contributed by atoms with Crippen LogP contribution < -0.4 is 4.90 Å². The van der Waals surface area contributed by atoms with Crippen LogP contribution in [0, 0.1) is 11.6 Å². The second kappa shape index (κ2) is 10.9. The molecule has 1 aliphatic heterocycles. The molecule has 0 aliphatic carbocycles. The van der Waals surface area contributed by atoms with Gasteiger partial charge in [0.25, 0.3) is 0 Å². The Labute approximate surface area is 242 Å². The lowest BCUT2D eigenvalue weighted by molar-refractivity contribution is 0.0240. The largest absolute Gasteiger partial charge is 0.444 e. The maximum absolute atomic E-state index is 13.6. The Kier molecular flexibility index (Phi) is 7.14. The Bertz CT molecular complexity index is 1710. The van der Waals surface area contributed by atoms with Gasteiger partial charge in [-0.1, -0.05) is 12.1 Å². The number of nitrogens with zero attached hydrogens (tertiary/aromatic N) is 5. The molecule has 1 saturated heterocycles. The van der Waals surface area contributed by atoms with Gasteiger partial charge in [-0.05, 0) is 68.3 Å². The molecular weight excluding hydrogens is 538 g/mol. The van der Waals surface area contributed by atoms with E-state index in [2.05, 4.69) is 50.3 Å². The third-order valence-corrected chi connectivity index (χ3v) is 7.21. The summed E-state index contributed by atoms with van der Waals surface area (Å²) in [6, 6.07) is 15.8. The molecule has 4 heterocycles. The average molecular weight is 571 g/mol. The van der Waals surface area contributed by atoms with E-state index in [4.69, 9.17) is 4.74 Å². The first-order valence-corrected chi connectivity index (χ1v) is 13.9. The number of anilines is 1. The molecule has 0 spiro atoms. The molecule has 2 aromatic carbocycles. The highest BCUT2D eigenvalue weighted by atomic mass is 19.1. The van der Waals surface area contributed by atoms with Crippen LogP contribution in [0.5, 0.6) is 0 Å². The molecule has 1 N–H and O–H groups in total. The molecule has 1 aliphatic rings. The lowest BCUT2D eigenvalue weighted by Gasteiger charge is -2.36. The van der Waals surface area contributed by atoms with E-state index >= 15 is 0 Å². The second-order valence-corrected chi connectivity index (χ2v) is 11.5. The predicted octanol–water partition coefficient (Wildman–Crippen LogP) is 6.48. The standard InChI is InChI=1S/C32H32F2N6O2/c1-32(2,3)42-31(41)39-12-10-38(11-13-39)26-6-4-22(5-7-26)23-16-27-28(19-36-30(27)35-18-23)29-8-9-40(37-29)20-21-14-24(33)17-25(34)15-21/h4-9,14-19H,10-13,20H2,1-3H3,(H,35,36). The Morgan fingerprint density at radius 1 is 0.952 bits per heavy atom. The van der Waals surface area contributed by atoms with Crippen LogP contribution in [-0.4, -0.2) is 62.5 Å². The number of ether oxygens (including phenoxy) is 1. The lowest BCUT2D eigenvalue weighted by Crippen LogP contribution is -2.50. The third-order valence-electron chi connectivity index (χ3n) is 7.21. The fourth-order valence-electron chi connectivity index (χ4n) is 5.19. The minimum atomic E-state index is -0.610. The van der Waals surface area contributed by atoms with E-state index in [1.54, 1.807) is 15.8 Å². The van der Waals surface area contributed by atoms with Gasteiger partial charge >= 0.3 is 6.09 Å². The molecule has 0 unspecified atom stereocenters. The number of carbonyl (C=O) groups is 1. The first-order valence-electron chi connectivity index (χ1n) is 13.9. The minimum Gasteiger partial charge on any atom is -0.444 e. The molecule has 6 rings (SSSR count). The number of rotatable bonds is 5. The number of hydrogen-bond acceptors (Lipinski definition) is 5. The van der Waals surface area contributed by atoms with E-state index in [0.29, 0.717) is 18.7 Å². The summed E-state index contributed by atoms with van der Waals surface area (Å²) in [5, 5.41) is 5.57. The number of benzene rings is 2. The number of H-pyrrole nitrogens is 1. The average Bonchev–Trinajstić information content (AvgIpc) is 3.58. The summed E-state index contributed by atoms with van der Waals surface area (Å²) in [4.78, 5) is 24.3. The number of aromatic nitrogens is 4. The van der Waals surface area contributed by atoms with Crippen LogP contribution in [0.2, 0.25) is 0 Å². The van der Waals surface area contributed by atoms with Gasteiger partial charge in [0.2, 0.25) is 0 Å². The van der Waals surface area contributed by atoms with Gasteiger partial charge in [-0.25, -0.2) is 18.6 Å². The predicted molar refractivity (Wildman–Crippen MR) is 158 cm³/mol. The quantitative estimate of drug-likeness (QED) is 0.262. The summed E-state index contributed by atoms with van der Waals surface area (Å²) in [5.74, 6) is -1.22. The number of carbonyl (C=O) groups excluding carboxylic acids is 1. The fraction of sp³-hybridized carbons (Fsp3) is 0.281. The molecule has 8 nitrogen and oxygen atoms in total. The summed E-state index contributed by atoms with van der Waals surface area (Å²) < 4.78 is 34.4. The number of aromatic amines is 1. The zero-order valence-electron chi connectivity index (χ0n) is 23.8. The van der Waals surface area contributed by atoms with Gasteiger partial charge in [-0.3, -0.25) is 4.68 Å². The topological polar surface area (TPSA) is 79.3 Å². The van der Waals surface area contributed by atoms with Crippen molar-refractivity contribution >= 4 is 22.8 Å². The molecule has 42 heavy (non-hydrogen) atoms. The van der Waals surface area contributed by atoms with Gasteiger partial charge in [-0.2, -0.15) is 5.10 Å². The monoisotopic (exact) mass is 570 g/mol. The molecule has 0 saturated carbocycles. The van der Waals surface area contributed by atoms with Crippen LogP contribution in [-0.2, 0) is 11.3 Å². The molecule has 0 radical (unpaired) electrons. The summed E-state index contributed by atoms with van der Waals surface area (Å²) in [5.41, 5.74) is 5.47. The van der Waals surface area contributed by atoms with E-state index in [0.717, 1.165) is 58.3 Å². The van der Waals surface area contributed by atoms with E-state index < -0.39 is 17.2 Å². The van der Waals surface area contributed by atoms with Crippen LogP contribution >= 0.6 is 0 Å². The summed E-state index contributed by atoms with van der Waals surface area (Å²) >= 11 is 0. The number of piperazine rings is 1. The SMILES string of the molecule is CC(C)(C)OC(=O)N1CCN(c2ccc(-c3cnc4[nH]cc(-c5ccn(Cc6cc(F)cc(F)c6)n5)c4c3)cc2)CC1. The van der Waals surface area contributed by atoms with Crippen LogP contribution in [0.4, 0.5) is 19.3 Å². The number of hydrogen-bond donors (Lipinski definition) is 1. The van der Waals surface area contributed by atoms with Crippen molar-refractivity contribution in [2.24, 2.45) is 0 Å². The normalized spacial score (nSPS) is 14.0. The van der Waals surface area contributed by atoms with Crippen molar-refractivity contribution in [2.45, 2.75) is 32.9 Å². The van der Waals surface area contributed by atoms with Gasteiger partial charge in [0.15, 0.2) is 0 Å². The van der Waals surface area contributed by atoms with Gasteiger partial charge in [0.1, 0.15) is 22.9 Å². The maximum Gasteiger partial charge on any atom is 0.410 e. The Balaban J connectivity index is 1.16. The van der Waals surface area contributed by atoms with Gasteiger partial charge in [0, 0.05) is 73.0 Å². The van der Waals surface area contributed by atoms with Crippen molar-refractivity contribution in [2.75, 3.05) is 31.1 Å². The van der Waals surface area contributed by atoms with Crippen LogP contribution in [0.15, 0.2) is 73.2 Å². The molecule has 5 aromatic rings. The summed E-state index contributed by atoms with van der Waals surface area (Å²) in [7, 11) is 0. The van der Waals surface area contributed by atoms with Gasteiger partial charge < -0.3 is 19.5 Å². The number of halogens is 2. The van der Waals surface area contributed by atoms with E-state index in [9.17, 15) is 13.6 Å². The molecule has 1 fully saturated rings. The third kappa shape index (κ3) is 5.97. The molecule has 0 bridgehead atoms. The number of pyridine rings is 1. The number of fused-ring (bicyclic) bond motifs is 1.